The molecule has 1 saturated heterocycles. The zero-order valence-electron chi connectivity index (χ0n) is 9.19. The molecule has 2 aliphatic rings. The van der Waals surface area contributed by atoms with Crippen LogP contribution < -0.4 is 0 Å². The smallest absolute Gasteiger partial charge is 0.0196 e. The Labute approximate surface area is 91.4 Å². The summed E-state index contributed by atoms with van der Waals surface area (Å²) in [4.78, 5) is 2.51. The van der Waals surface area contributed by atoms with Crippen molar-refractivity contribution < 1.29 is 0 Å². The van der Waals surface area contributed by atoms with Crippen LogP contribution in [-0.4, -0.2) is 24.5 Å². The highest BCUT2D eigenvalue weighted by atomic mass is 15.1. The Kier molecular flexibility index (Phi) is 2.14. The van der Waals surface area contributed by atoms with Crippen molar-refractivity contribution in [2.24, 2.45) is 0 Å². The summed E-state index contributed by atoms with van der Waals surface area (Å²) in [5.74, 6) is 0.633. The van der Waals surface area contributed by atoms with Crippen LogP contribution in [0.1, 0.15) is 29.9 Å². The quantitative estimate of drug-likeness (QED) is 0.672. The molecule has 1 aliphatic heterocycles. The van der Waals surface area contributed by atoms with Gasteiger partial charge in [0.15, 0.2) is 0 Å². The average Bonchev–Trinajstić information content (AvgIpc) is 2.83. The highest BCUT2D eigenvalue weighted by molar-refractivity contribution is 5.62. The predicted octanol–water partition coefficient (Wildman–Crippen LogP) is 2.89. The zero-order valence-corrected chi connectivity index (χ0v) is 9.19. The Morgan fingerprint density at radius 3 is 2.93 bits per heavy atom. The molecule has 15 heavy (non-hydrogen) atoms. The van der Waals surface area contributed by atoms with E-state index in [1.807, 2.05) is 0 Å². The lowest BCUT2D eigenvalue weighted by Crippen LogP contribution is -2.29. The summed E-state index contributed by atoms with van der Waals surface area (Å²) in [6, 6.07) is 9.52. The highest BCUT2D eigenvalue weighted by Gasteiger charge is 2.31. The summed E-state index contributed by atoms with van der Waals surface area (Å²) in [5, 5.41) is 0. The maximum Gasteiger partial charge on any atom is 0.0196 e. The minimum atomic E-state index is 0.633. The minimum Gasteiger partial charge on any atom is -0.302 e. The van der Waals surface area contributed by atoms with Crippen LogP contribution in [0.5, 0.6) is 0 Å². The second kappa shape index (κ2) is 3.49. The molecule has 0 N–H and O–H groups in total. The lowest BCUT2D eigenvalue weighted by atomic mass is 9.92. The van der Waals surface area contributed by atoms with Crippen molar-refractivity contribution in [3.05, 3.63) is 41.5 Å². The maximum atomic E-state index is 2.51. The molecule has 1 aromatic rings. The third-order valence-electron chi connectivity index (χ3n) is 3.83. The van der Waals surface area contributed by atoms with E-state index in [4.69, 9.17) is 0 Å². The first-order chi connectivity index (χ1) is 7.36. The number of rotatable bonds is 1. The Balaban J connectivity index is 1.93. The lowest BCUT2D eigenvalue weighted by Gasteiger charge is -2.25. The number of likely N-dealkylation sites (tertiary alicyclic amines) is 1. The van der Waals surface area contributed by atoms with E-state index in [-0.39, 0.29) is 0 Å². The predicted molar refractivity (Wildman–Crippen MR) is 63.9 cm³/mol. The summed E-state index contributed by atoms with van der Waals surface area (Å²) >= 11 is 0. The molecule has 0 bridgehead atoms. The molecule has 0 radical (unpaired) electrons. The van der Waals surface area contributed by atoms with Gasteiger partial charge in [0, 0.05) is 12.0 Å². The second-order valence-corrected chi connectivity index (χ2v) is 4.70. The van der Waals surface area contributed by atoms with Gasteiger partial charge >= 0.3 is 0 Å². The largest absolute Gasteiger partial charge is 0.302 e. The van der Waals surface area contributed by atoms with Gasteiger partial charge < -0.3 is 4.90 Å². The second-order valence-electron chi connectivity index (χ2n) is 4.70. The fourth-order valence-corrected chi connectivity index (χ4v) is 3.00. The third-order valence-corrected chi connectivity index (χ3v) is 3.83. The van der Waals surface area contributed by atoms with Crippen molar-refractivity contribution in [2.45, 2.75) is 24.8 Å². The molecule has 0 amide bonds. The van der Waals surface area contributed by atoms with Crippen LogP contribution in [-0.2, 0) is 0 Å². The molecule has 1 aromatic carbocycles. The summed E-state index contributed by atoms with van der Waals surface area (Å²) in [7, 11) is 2.26. The van der Waals surface area contributed by atoms with Crippen molar-refractivity contribution in [1.29, 1.82) is 0 Å². The van der Waals surface area contributed by atoms with Gasteiger partial charge in [0.2, 0.25) is 0 Å². The fourth-order valence-electron chi connectivity index (χ4n) is 3.00. The molecule has 1 aliphatic carbocycles. The van der Waals surface area contributed by atoms with Gasteiger partial charge in [-0.3, -0.25) is 0 Å². The Bertz CT molecular complexity index is 394. The molecule has 2 unspecified atom stereocenters. The van der Waals surface area contributed by atoms with Crippen LogP contribution in [0.2, 0.25) is 0 Å². The number of hydrogen-bond donors (Lipinski definition) is 0. The molecule has 0 spiro atoms. The number of likely N-dealkylation sites (N-methyl/N-ethyl adjacent to an activating group) is 1. The van der Waals surface area contributed by atoms with Crippen LogP contribution in [0.15, 0.2) is 30.3 Å². The molecule has 78 valence electrons. The van der Waals surface area contributed by atoms with Crippen LogP contribution >= 0.6 is 0 Å². The van der Waals surface area contributed by atoms with Crippen molar-refractivity contribution in [1.82, 2.24) is 4.90 Å². The molecule has 1 nitrogen and oxygen atoms in total. The van der Waals surface area contributed by atoms with E-state index in [9.17, 15) is 0 Å². The van der Waals surface area contributed by atoms with Crippen molar-refractivity contribution >= 4 is 6.08 Å². The van der Waals surface area contributed by atoms with Gasteiger partial charge in [-0.25, -0.2) is 0 Å². The van der Waals surface area contributed by atoms with Gasteiger partial charge in [-0.1, -0.05) is 36.4 Å². The highest BCUT2D eigenvalue weighted by Crippen LogP contribution is 2.37. The fraction of sp³-hybridized carbons (Fsp3) is 0.429. The molecule has 1 heteroatoms. The SMILES string of the molecule is CN1CCCC1C1C=Cc2ccccc21. The van der Waals surface area contributed by atoms with E-state index in [2.05, 4.69) is 48.4 Å². The van der Waals surface area contributed by atoms with E-state index < -0.39 is 0 Å². The van der Waals surface area contributed by atoms with Gasteiger partial charge in [-0.05, 0) is 37.6 Å². The molecular formula is C14H17N. The maximum absolute atomic E-state index is 2.51. The Morgan fingerprint density at radius 1 is 1.27 bits per heavy atom. The molecule has 1 heterocycles. The van der Waals surface area contributed by atoms with Crippen LogP contribution in [0.25, 0.3) is 6.08 Å². The summed E-state index contributed by atoms with van der Waals surface area (Å²) < 4.78 is 0. The topological polar surface area (TPSA) is 3.24 Å². The van der Waals surface area contributed by atoms with Crippen molar-refractivity contribution in [2.75, 3.05) is 13.6 Å². The first kappa shape index (κ1) is 9.17. The number of fused-ring (bicyclic) bond motifs is 1. The van der Waals surface area contributed by atoms with E-state index in [1.165, 1.54) is 30.5 Å². The minimum absolute atomic E-state index is 0.633. The van der Waals surface area contributed by atoms with E-state index in [0.29, 0.717) is 5.92 Å². The Hall–Kier alpha value is -1.08. The normalized spacial score (nSPS) is 29.7. The molecule has 1 fully saturated rings. The molecule has 0 aromatic heterocycles. The average molecular weight is 199 g/mol. The van der Waals surface area contributed by atoms with E-state index in [0.717, 1.165) is 6.04 Å². The van der Waals surface area contributed by atoms with Gasteiger partial charge in [0.25, 0.3) is 0 Å². The zero-order chi connectivity index (χ0) is 10.3. The standard InChI is InChI=1S/C14H17N/c1-15-10-4-7-14(15)13-9-8-11-5-2-3-6-12(11)13/h2-3,5-6,8-9,13-14H,4,7,10H2,1H3. The van der Waals surface area contributed by atoms with Crippen LogP contribution in [0.3, 0.4) is 0 Å². The first-order valence-electron chi connectivity index (χ1n) is 5.83. The van der Waals surface area contributed by atoms with Gasteiger partial charge in [0.05, 0.1) is 0 Å². The van der Waals surface area contributed by atoms with Gasteiger partial charge in [-0.2, -0.15) is 0 Å². The third kappa shape index (κ3) is 1.42. The van der Waals surface area contributed by atoms with Gasteiger partial charge in [-0.15, -0.1) is 0 Å². The molecule has 3 rings (SSSR count). The summed E-state index contributed by atoms with van der Waals surface area (Å²) in [6.07, 6.45) is 7.37. The monoisotopic (exact) mass is 199 g/mol. The van der Waals surface area contributed by atoms with Crippen molar-refractivity contribution in [3.63, 3.8) is 0 Å². The first-order valence-corrected chi connectivity index (χ1v) is 5.83. The lowest BCUT2D eigenvalue weighted by molar-refractivity contribution is 0.292. The van der Waals surface area contributed by atoms with Gasteiger partial charge in [0.1, 0.15) is 0 Å². The van der Waals surface area contributed by atoms with Crippen LogP contribution in [0.4, 0.5) is 0 Å². The summed E-state index contributed by atoms with van der Waals surface area (Å²) in [5.41, 5.74) is 2.94. The number of nitrogens with zero attached hydrogens (tertiary/aromatic N) is 1. The van der Waals surface area contributed by atoms with Crippen molar-refractivity contribution in [3.8, 4) is 0 Å². The molecule has 2 atom stereocenters. The number of hydrogen-bond acceptors (Lipinski definition) is 1. The van der Waals surface area contributed by atoms with Crippen LogP contribution in [0, 0.1) is 0 Å². The molecular weight excluding hydrogens is 182 g/mol. The molecule has 0 saturated carbocycles. The van der Waals surface area contributed by atoms with E-state index >= 15 is 0 Å². The Morgan fingerprint density at radius 2 is 2.13 bits per heavy atom. The van der Waals surface area contributed by atoms with E-state index in [1.54, 1.807) is 0 Å². The number of benzene rings is 1. The summed E-state index contributed by atoms with van der Waals surface area (Å²) in [6.45, 7) is 1.26.